The smallest absolute Gasteiger partial charge is 0.341 e. The summed E-state index contributed by atoms with van der Waals surface area (Å²) in [6, 6.07) is 26.2. The molecule has 0 fully saturated rings. The summed E-state index contributed by atoms with van der Waals surface area (Å²) in [6.45, 7) is 1.81. The van der Waals surface area contributed by atoms with E-state index in [0.717, 1.165) is 53.2 Å². The zero-order chi connectivity index (χ0) is 28.1. The lowest BCUT2D eigenvalue weighted by Crippen LogP contribution is -2.10. The van der Waals surface area contributed by atoms with Crippen LogP contribution in [0.5, 0.6) is 11.5 Å². The van der Waals surface area contributed by atoms with E-state index < -0.39 is 5.97 Å². The van der Waals surface area contributed by atoms with Gasteiger partial charge in [-0.2, -0.15) is 0 Å². The second kappa shape index (κ2) is 12.7. The summed E-state index contributed by atoms with van der Waals surface area (Å²) in [5, 5.41) is 14.2. The van der Waals surface area contributed by atoms with E-state index in [2.05, 4.69) is 54.6 Å². The highest BCUT2D eigenvalue weighted by Crippen LogP contribution is 2.34. The molecule has 202 valence electrons. The van der Waals surface area contributed by atoms with Crippen molar-refractivity contribution in [2.75, 3.05) is 13.2 Å². The third kappa shape index (κ3) is 6.95. The van der Waals surface area contributed by atoms with Crippen LogP contribution in [-0.4, -0.2) is 24.3 Å². The van der Waals surface area contributed by atoms with Crippen LogP contribution >= 0.6 is 45.9 Å². The zero-order valence-corrected chi connectivity index (χ0v) is 24.5. The molecular weight excluding hydrogens is 583 g/mol. The summed E-state index contributed by atoms with van der Waals surface area (Å²) in [7, 11) is 0. The molecule has 2 aromatic heterocycles. The van der Waals surface area contributed by atoms with Gasteiger partial charge in [0.05, 0.1) is 10.0 Å². The third-order valence-electron chi connectivity index (χ3n) is 6.13. The fraction of sp³-hybridized carbons (Fsp3) is 0.0938. The van der Waals surface area contributed by atoms with Gasteiger partial charge in [-0.3, -0.25) is 0 Å². The Labute approximate surface area is 250 Å². The number of rotatable bonds is 10. The quantitative estimate of drug-likeness (QED) is 0.172. The summed E-state index contributed by atoms with van der Waals surface area (Å²) in [6.07, 6.45) is 2.07. The Kier molecular flexibility index (Phi) is 8.92. The van der Waals surface area contributed by atoms with E-state index in [4.69, 9.17) is 37.8 Å². The highest BCUT2D eigenvalue weighted by atomic mass is 35.5. The van der Waals surface area contributed by atoms with Crippen LogP contribution < -0.4 is 9.47 Å². The number of aliphatic carboxylic acids is 1. The molecule has 0 amide bonds. The molecule has 0 saturated heterocycles. The van der Waals surface area contributed by atoms with E-state index in [1.54, 1.807) is 34.8 Å². The molecule has 0 spiro atoms. The van der Waals surface area contributed by atoms with Gasteiger partial charge < -0.3 is 14.6 Å². The van der Waals surface area contributed by atoms with Crippen molar-refractivity contribution in [3.8, 4) is 32.4 Å². The first-order valence-corrected chi connectivity index (χ1v) is 14.8. The first kappa shape index (κ1) is 28.0. The van der Waals surface area contributed by atoms with Gasteiger partial charge in [-0.05, 0) is 76.7 Å². The minimum atomic E-state index is -1.02. The number of benzene rings is 3. The molecule has 0 bridgehead atoms. The van der Waals surface area contributed by atoms with Gasteiger partial charge in [-0.25, -0.2) is 4.79 Å². The number of aryl methyl sites for hydroxylation is 1. The maximum Gasteiger partial charge on any atom is 0.341 e. The number of halogens is 2. The Morgan fingerprint density at radius 2 is 1.35 bits per heavy atom. The van der Waals surface area contributed by atoms with E-state index in [1.807, 2.05) is 35.9 Å². The zero-order valence-electron chi connectivity index (χ0n) is 21.4. The highest BCUT2D eigenvalue weighted by Gasteiger charge is 2.10. The largest absolute Gasteiger partial charge is 0.489 e. The Bertz CT molecular complexity index is 1570. The van der Waals surface area contributed by atoms with Crippen molar-refractivity contribution >= 4 is 57.4 Å². The van der Waals surface area contributed by atoms with Crippen LogP contribution in [0.3, 0.4) is 0 Å². The molecular formula is C32H24Cl2O4S2. The van der Waals surface area contributed by atoms with Gasteiger partial charge in [-0.1, -0.05) is 71.7 Å². The van der Waals surface area contributed by atoms with Crippen molar-refractivity contribution in [1.29, 1.82) is 0 Å². The molecule has 0 aliphatic carbocycles. The van der Waals surface area contributed by atoms with Gasteiger partial charge in [0.2, 0.25) is 0 Å². The van der Waals surface area contributed by atoms with E-state index in [9.17, 15) is 4.79 Å². The first-order chi connectivity index (χ1) is 19.4. The van der Waals surface area contributed by atoms with Gasteiger partial charge in [0.25, 0.3) is 0 Å². The van der Waals surface area contributed by atoms with Crippen molar-refractivity contribution in [2.45, 2.75) is 6.92 Å². The monoisotopic (exact) mass is 606 g/mol. The van der Waals surface area contributed by atoms with Crippen LogP contribution in [-0.2, 0) is 4.79 Å². The lowest BCUT2D eigenvalue weighted by atomic mass is 9.95. The van der Waals surface area contributed by atoms with E-state index >= 15 is 0 Å². The van der Waals surface area contributed by atoms with E-state index in [1.165, 1.54) is 0 Å². The fourth-order valence-electron chi connectivity index (χ4n) is 4.19. The predicted molar refractivity (Wildman–Crippen MR) is 166 cm³/mol. The minimum absolute atomic E-state index is 0.342. The van der Waals surface area contributed by atoms with Crippen molar-refractivity contribution in [3.05, 3.63) is 122 Å². The molecule has 0 radical (unpaired) electrons. The maximum absolute atomic E-state index is 10.8. The second-order valence-electron chi connectivity index (χ2n) is 8.95. The predicted octanol–water partition coefficient (Wildman–Crippen LogP) is 9.73. The van der Waals surface area contributed by atoms with Crippen molar-refractivity contribution in [2.24, 2.45) is 0 Å². The van der Waals surface area contributed by atoms with Gasteiger partial charge in [-0.15, -0.1) is 22.7 Å². The summed E-state index contributed by atoms with van der Waals surface area (Å²) >= 11 is 15.5. The molecule has 0 unspecified atom stereocenters. The number of hydrogen-bond donors (Lipinski definition) is 1. The van der Waals surface area contributed by atoms with Crippen LogP contribution in [0.4, 0.5) is 0 Å². The van der Waals surface area contributed by atoms with Gasteiger partial charge in [0.1, 0.15) is 18.1 Å². The molecule has 0 aliphatic rings. The Morgan fingerprint density at radius 1 is 0.800 bits per heavy atom. The van der Waals surface area contributed by atoms with E-state index in [-0.39, 0.29) is 6.61 Å². The number of ether oxygens (including phenoxy) is 2. The number of carboxylic acids is 1. The molecule has 4 nitrogen and oxygen atoms in total. The molecule has 2 heterocycles. The van der Waals surface area contributed by atoms with Gasteiger partial charge >= 0.3 is 5.97 Å². The number of carbonyl (C=O) groups is 1. The average Bonchev–Trinajstić information content (AvgIpc) is 3.59. The number of thiophene rings is 2. The molecule has 8 heteroatoms. The molecule has 1 N–H and O–H groups in total. The highest BCUT2D eigenvalue weighted by molar-refractivity contribution is 7.14. The Hall–Kier alpha value is -3.55. The van der Waals surface area contributed by atoms with Crippen molar-refractivity contribution in [3.63, 3.8) is 0 Å². The molecule has 40 heavy (non-hydrogen) atoms. The number of hydrogen-bond acceptors (Lipinski definition) is 5. The molecule has 0 saturated carbocycles. The summed E-state index contributed by atoms with van der Waals surface area (Å²) in [5.41, 5.74) is 6.20. The average molecular weight is 608 g/mol. The van der Waals surface area contributed by atoms with Crippen molar-refractivity contribution in [1.82, 2.24) is 0 Å². The number of carboxylic acid groups (broad SMARTS) is 1. The maximum atomic E-state index is 10.8. The third-order valence-corrected chi connectivity index (χ3v) is 8.78. The van der Waals surface area contributed by atoms with Gasteiger partial charge in [0, 0.05) is 20.5 Å². The fourth-order valence-corrected chi connectivity index (χ4v) is 6.36. The minimum Gasteiger partial charge on any atom is -0.489 e. The van der Waals surface area contributed by atoms with Crippen LogP contribution in [0.15, 0.2) is 95.7 Å². The first-order valence-electron chi connectivity index (χ1n) is 12.3. The molecule has 0 atom stereocenters. The molecule has 5 rings (SSSR count). The van der Waals surface area contributed by atoms with Crippen LogP contribution in [0.2, 0.25) is 10.0 Å². The normalized spacial score (nSPS) is 10.8. The lowest BCUT2D eigenvalue weighted by molar-refractivity contribution is -0.139. The SMILES string of the molecule is Cc1cc(OCC=C(c2ccc(-c3cc(Cl)cs3)cc2)c2ccc(-c3cc(Cl)cs3)cc2)ccc1OCC(=O)O. The van der Waals surface area contributed by atoms with E-state index in [0.29, 0.717) is 18.1 Å². The second-order valence-corrected chi connectivity index (χ2v) is 11.6. The Morgan fingerprint density at radius 3 is 1.80 bits per heavy atom. The Balaban J connectivity index is 1.39. The van der Waals surface area contributed by atoms with Gasteiger partial charge in [0.15, 0.2) is 6.61 Å². The van der Waals surface area contributed by atoms with Crippen LogP contribution in [0.1, 0.15) is 16.7 Å². The van der Waals surface area contributed by atoms with Crippen molar-refractivity contribution < 1.29 is 19.4 Å². The lowest BCUT2D eigenvalue weighted by Gasteiger charge is -2.12. The van der Waals surface area contributed by atoms with Crippen LogP contribution in [0.25, 0.3) is 26.5 Å². The summed E-state index contributed by atoms with van der Waals surface area (Å²) in [5.74, 6) is 0.174. The molecule has 5 aromatic rings. The molecule has 0 aliphatic heterocycles. The van der Waals surface area contributed by atoms with Crippen LogP contribution in [0, 0.1) is 6.92 Å². The summed E-state index contributed by atoms with van der Waals surface area (Å²) in [4.78, 5) is 13.0. The topological polar surface area (TPSA) is 55.8 Å². The molecule has 3 aromatic carbocycles. The standard InChI is InChI=1S/C32H24Cl2O4S2/c1-20-14-27(10-11-29(20)38-17-32(35)36)37-13-12-28(21-2-6-23(7-3-21)30-15-25(33)18-39-30)22-4-8-24(9-5-22)31-16-26(34)19-40-31/h2-12,14-16,18-19H,13,17H2,1H3,(H,35,36). The summed E-state index contributed by atoms with van der Waals surface area (Å²) < 4.78 is 11.4.